The third kappa shape index (κ3) is 6.03. The first-order valence-electron chi connectivity index (χ1n) is 8.94. The summed E-state index contributed by atoms with van der Waals surface area (Å²) in [7, 11) is 0. The molecule has 0 saturated heterocycles. The minimum atomic E-state index is -0.527. The Hall–Kier alpha value is -0.472. The molecule has 0 saturated carbocycles. The second kappa shape index (κ2) is 10.0. The van der Waals surface area contributed by atoms with E-state index >= 15 is 0 Å². The van der Waals surface area contributed by atoms with Gasteiger partial charge in [0.2, 0.25) is 0 Å². The van der Waals surface area contributed by atoms with Crippen LogP contribution in [0, 0.1) is 3.57 Å². The average Bonchev–Trinajstić information content (AvgIpc) is 2.61. The number of halogens is 1. The van der Waals surface area contributed by atoms with Crippen molar-refractivity contribution in [1.82, 2.24) is 0 Å². The van der Waals surface area contributed by atoms with Gasteiger partial charge in [-0.05, 0) is 0 Å². The van der Waals surface area contributed by atoms with E-state index in [1.54, 1.807) is 3.57 Å². The molecule has 25 heavy (non-hydrogen) atoms. The van der Waals surface area contributed by atoms with Crippen LogP contribution in [0.1, 0.15) is 58.1 Å². The Kier molecular flexibility index (Phi) is 8.35. The molecule has 0 amide bonds. The third-order valence-electron chi connectivity index (χ3n) is 4.08. The molecule has 0 aliphatic rings. The Bertz CT molecular complexity index is 744. The van der Waals surface area contributed by atoms with Crippen LogP contribution in [0.15, 0.2) is 52.0 Å². The zero-order chi connectivity index (χ0) is 18.3. The molecule has 3 heteroatoms. The molecule has 0 bridgehead atoms. The van der Waals surface area contributed by atoms with Crippen LogP contribution in [-0.2, 0) is 23.3 Å². The molecule has 0 atom stereocenters. The van der Waals surface area contributed by atoms with E-state index in [-0.39, 0.29) is 26.6 Å². The van der Waals surface area contributed by atoms with Crippen LogP contribution in [0.3, 0.4) is 0 Å². The van der Waals surface area contributed by atoms with Gasteiger partial charge >= 0.3 is 173 Å². The molecule has 0 N–H and O–H groups in total. The molecule has 2 aromatic rings. The van der Waals surface area contributed by atoms with E-state index in [0.29, 0.717) is 5.92 Å². The summed E-state index contributed by atoms with van der Waals surface area (Å²) in [6.45, 7) is 11.5. The van der Waals surface area contributed by atoms with E-state index in [1.807, 2.05) is 0 Å². The van der Waals surface area contributed by atoms with Crippen LogP contribution in [0.2, 0.25) is 0 Å². The first-order valence-corrected chi connectivity index (χ1v) is 13.6. The van der Waals surface area contributed by atoms with Gasteiger partial charge in [0, 0.05) is 0 Å². The van der Waals surface area contributed by atoms with Gasteiger partial charge in [-0.2, -0.15) is 0 Å². The van der Waals surface area contributed by atoms with Gasteiger partial charge in [-0.25, -0.2) is 0 Å². The molecule has 2 rings (SSSR count). The Morgan fingerprint density at radius 2 is 1.80 bits per heavy atom. The van der Waals surface area contributed by atoms with Gasteiger partial charge in [-0.15, -0.1) is 0 Å². The predicted molar refractivity (Wildman–Crippen MR) is 102 cm³/mol. The summed E-state index contributed by atoms with van der Waals surface area (Å²) in [6, 6.07) is 17.6. The molecule has 0 unspecified atom stereocenters. The van der Waals surface area contributed by atoms with Crippen molar-refractivity contribution < 1.29 is 39.1 Å². The van der Waals surface area contributed by atoms with Crippen molar-refractivity contribution in [3.8, 4) is 0 Å². The molecule has 0 spiro atoms. The molecule has 2 aromatic carbocycles. The van der Waals surface area contributed by atoms with E-state index in [2.05, 4.69) is 87.6 Å². The second-order valence-corrected chi connectivity index (χ2v) is 11.6. The fourth-order valence-electron chi connectivity index (χ4n) is 2.54. The number of alkyl halides is 1. The monoisotopic (exact) mass is 532 g/mol. The van der Waals surface area contributed by atoms with Crippen molar-refractivity contribution >= 4 is 10.1 Å². The quantitative estimate of drug-likeness (QED) is 0.297. The molecule has 0 aliphatic heterocycles. The number of benzene rings is 2. The van der Waals surface area contributed by atoms with Crippen LogP contribution in [0.5, 0.6) is 0 Å². The summed E-state index contributed by atoms with van der Waals surface area (Å²) in [5.41, 5.74) is 4.25. The molecular formula is C22H29IMoN+. The van der Waals surface area contributed by atoms with Crippen LogP contribution < -0.4 is 21.2 Å². The topological polar surface area (TPSA) is 12.4 Å². The Labute approximate surface area is 171 Å². The normalized spacial score (nSPS) is 11.4. The Morgan fingerprint density at radius 1 is 1.08 bits per heavy atom. The fourth-order valence-corrected chi connectivity index (χ4v) is 7.23. The van der Waals surface area contributed by atoms with E-state index in [1.165, 1.54) is 27.7 Å². The Balaban J connectivity index is 2.38. The minimum absolute atomic E-state index is 0.0847. The molecule has 0 heterocycles. The second-order valence-electron chi connectivity index (χ2n) is 7.06. The van der Waals surface area contributed by atoms with Gasteiger partial charge in [0.05, 0.1) is 0 Å². The number of hydrogen-bond donors (Lipinski definition) is 0. The summed E-state index contributed by atoms with van der Waals surface area (Å²) in [4.78, 5) is 0. The van der Waals surface area contributed by atoms with Gasteiger partial charge in [0.1, 0.15) is 0 Å². The van der Waals surface area contributed by atoms with Gasteiger partial charge in [-0.1, -0.05) is 0 Å². The number of rotatable bonds is 7. The Morgan fingerprint density at radius 3 is 2.44 bits per heavy atom. The van der Waals surface area contributed by atoms with E-state index in [4.69, 9.17) is 3.50 Å². The zero-order valence-corrected chi connectivity index (χ0v) is 20.1. The van der Waals surface area contributed by atoms with E-state index in [0.717, 1.165) is 0 Å². The van der Waals surface area contributed by atoms with Crippen molar-refractivity contribution in [2.75, 3.05) is 4.43 Å². The fraction of sp³-hybridized carbons (Fsp3) is 0.409. The summed E-state index contributed by atoms with van der Waals surface area (Å²) in [5, 5.41) is 0. The molecule has 0 aliphatic carbocycles. The predicted octanol–water partition coefficient (Wildman–Crippen LogP) is 3.16. The zero-order valence-electron chi connectivity index (χ0n) is 15.9. The van der Waals surface area contributed by atoms with Crippen molar-refractivity contribution in [3.63, 3.8) is 0 Å². The SMILES string of the molecule is CCC[I-]c1cccc(C(C)C)c1[N]=[Mo+2]=[CH]C(C)(C)c1ccccc1. The summed E-state index contributed by atoms with van der Waals surface area (Å²) in [6.07, 6.45) is 1.28. The molecule has 1 nitrogen and oxygen atoms in total. The van der Waals surface area contributed by atoms with Gasteiger partial charge in [0.25, 0.3) is 0 Å². The molecular weight excluding hydrogens is 501 g/mol. The van der Waals surface area contributed by atoms with Crippen molar-refractivity contribution in [3.05, 3.63) is 63.2 Å². The van der Waals surface area contributed by atoms with Crippen LogP contribution in [-0.4, -0.2) is 8.83 Å². The molecule has 0 radical (unpaired) electrons. The van der Waals surface area contributed by atoms with Crippen molar-refractivity contribution in [1.29, 1.82) is 0 Å². The summed E-state index contributed by atoms with van der Waals surface area (Å²) < 4.78 is 10.6. The van der Waals surface area contributed by atoms with Crippen LogP contribution in [0.4, 0.5) is 5.69 Å². The molecule has 134 valence electrons. The first-order chi connectivity index (χ1) is 12.0. The molecule has 0 aromatic heterocycles. The number of nitrogens with zero attached hydrogens (tertiary/aromatic N) is 1. The van der Waals surface area contributed by atoms with E-state index in [9.17, 15) is 0 Å². The first kappa shape index (κ1) is 20.8. The number of hydrogen-bond acceptors (Lipinski definition) is 1. The van der Waals surface area contributed by atoms with E-state index < -0.39 is 17.9 Å². The average molecular weight is 530 g/mol. The van der Waals surface area contributed by atoms with Gasteiger partial charge in [0.15, 0.2) is 0 Å². The van der Waals surface area contributed by atoms with Crippen LogP contribution in [0.25, 0.3) is 0 Å². The maximum absolute atomic E-state index is 5.19. The van der Waals surface area contributed by atoms with Gasteiger partial charge in [-0.3, -0.25) is 0 Å². The summed E-state index contributed by atoms with van der Waals surface area (Å²) in [5.74, 6) is 0.541. The van der Waals surface area contributed by atoms with Crippen molar-refractivity contribution in [2.24, 2.45) is 3.50 Å². The summed E-state index contributed by atoms with van der Waals surface area (Å²) >= 11 is -0.442. The van der Waals surface area contributed by atoms with Crippen molar-refractivity contribution in [2.45, 2.75) is 52.4 Å². The van der Waals surface area contributed by atoms with Gasteiger partial charge < -0.3 is 0 Å². The third-order valence-corrected chi connectivity index (χ3v) is 9.80. The standard InChI is InChI=1S/C12H17IN.C10H12.Mo/c1-4-8-13-11-7-5-6-10(9(2)3)12(11)14;1-10(2,3)9-7-5-4-6-8-9;/h5-7,9H,4,8H2,1-3H3;1,4-8H,2-3H3;/q-1;;+2. The maximum atomic E-state index is 5.19. The molecule has 0 fully saturated rings. The van der Waals surface area contributed by atoms with Crippen LogP contribution >= 0.6 is 0 Å².